The van der Waals surface area contributed by atoms with E-state index in [4.69, 9.17) is 4.74 Å². The molecule has 2 N–H and O–H groups in total. The number of aryl methyl sites for hydroxylation is 2. The Bertz CT molecular complexity index is 641. The van der Waals surface area contributed by atoms with Crippen LogP contribution in [0.4, 0.5) is 0 Å². The molecule has 0 saturated carbocycles. The van der Waals surface area contributed by atoms with Crippen LogP contribution in [0.1, 0.15) is 48.1 Å². The molecular formula is C17H24N4O3. The SMILES string of the molecule is CCc1nc(C)ncc1C(=O)NCC1CC2(CCNCC2)C(=O)O1. The second-order valence-electron chi connectivity index (χ2n) is 6.60. The molecular weight excluding hydrogens is 308 g/mol. The van der Waals surface area contributed by atoms with E-state index in [0.717, 1.165) is 31.6 Å². The van der Waals surface area contributed by atoms with Crippen LogP contribution in [0, 0.1) is 12.3 Å². The smallest absolute Gasteiger partial charge is 0.312 e. The maximum atomic E-state index is 12.4. The fraction of sp³-hybridized carbons (Fsp3) is 0.647. The first kappa shape index (κ1) is 16.8. The zero-order chi connectivity index (χ0) is 17.2. The molecule has 2 saturated heterocycles. The molecule has 2 fully saturated rings. The van der Waals surface area contributed by atoms with Crippen LogP contribution in [0.15, 0.2) is 6.20 Å². The molecule has 1 aromatic heterocycles. The fourth-order valence-electron chi connectivity index (χ4n) is 3.54. The highest BCUT2D eigenvalue weighted by Gasteiger charge is 2.49. The molecule has 2 aliphatic rings. The van der Waals surface area contributed by atoms with E-state index in [1.807, 2.05) is 6.92 Å². The third-order valence-electron chi connectivity index (χ3n) is 4.94. The van der Waals surface area contributed by atoms with Crippen molar-refractivity contribution in [3.05, 3.63) is 23.3 Å². The first-order chi connectivity index (χ1) is 11.5. The van der Waals surface area contributed by atoms with Crippen molar-refractivity contribution in [3.8, 4) is 0 Å². The Kier molecular flexibility index (Phi) is 4.80. The van der Waals surface area contributed by atoms with Gasteiger partial charge in [-0.2, -0.15) is 0 Å². The van der Waals surface area contributed by atoms with Crippen LogP contribution in [0.25, 0.3) is 0 Å². The van der Waals surface area contributed by atoms with Gasteiger partial charge >= 0.3 is 5.97 Å². The molecule has 24 heavy (non-hydrogen) atoms. The zero-order valence-electron chi connectivity index (χ0n) is 14.2. The monoisotopic (exact) mass is 332 g/mol. The van der Waals surface area contributed by atoms with Gasteiger partial charge in [-0.25, -0.2) is 9.97 Å². The summed E-state index contributed by atoms with van der Waals surface area (Å²) in [6.07, 6.45) is 4.27. The first-order valence-electron chi connectivity index (χ1n) is 8.56. The number of nitrogens with one attached hydrogen (secondary N) is 2. The molecule has 0 aliphatic carbocycles. The predicted octanol–water partition coefficient (Wildman–Crippen LogP) is 0.763. The average Bonchev–Trinajstić information content (AvgIpc) is 2.88. The summed E-state index contributed by atoms with van der Waals surface area (Å²) in [7, 11) is 0. The highest BCUT2D eigenvalue weighted by Crippen LogP contribution is 2.41. The minimum atomic E-state index is -0.359. The first-order valence-corrected chi connectivity index (χ1v) is 8.56. The standard InChI is InChI=1S/C17H24N4O3/c1-3-14-13(10-19-11(2)21-14)15(22)20-9-12-8-17(16(23)24-12)4-6-18-7-5-17/h10,12,18H,3-9H2,1-2H3,(H,20,22). The van der Waals surface area contributed by atoms with Gasteiger partial charge < -0.3 is 15.4 Å². The number of ether oxygens (including phenoxy) is 1. The van der Waals surface area contributed by atoms with Gasteiger partial charge in [0.25, 0.3) is 5.91 Å². The highest BCUT2D eigenvalue weighted by atomic mass is 16.6. The normalized spacial score (nSPS) is 22.4. The molecule has 0 bridgehead atoms. The Morgan fingerprint density at radius 2 is 2.21 bits per heavy atom. The van der Waals surface area contributed by atoms with E-state index in [-0.39, 0.29) is 23.4 Å². The second kappa shape index (κ2) is 6.84. The van der Waals surface area contributed by atoms with Gasteiger partial charge in [0.15, 0.2) is 0 Å². The molecule has 7 heteroatoms. The van der Waals surface area contributed by atoms with Crippen LogP contribution in [0.2, 0.25) is 0 Å². The molecule has 1 amide bonds. The van der Waals surface area contributed by atoms with Crippen molar-refractivity contribution in [3.63, 3.8) is 0 Å². The van der Waals surface area contributed by atoms with Crippen LogP contribution in [-0.2, 0) is 16.0 Å². The number of hydrogen-bond acceptors (Lipinski definition) is 6. The molecule has 1 aromatic rings. The number of carbonyl (C=O) groups is 2. The van der Waals surface area contributed by atoms with Crippen molar-refractivity contribution in [2.24, 2.45) is 5.41 Å². The number of esters is 1. The van der Waals surface area contributed by atoms with Crippen LogP contribution in [0.5, 0.6) is 0 Å². The van der Waals surface area contributed by atoms with Crippen LogP contribution < -0.4 is 10.6 Å². The molecule has 1 spiro atoms. The predicted molar refractivity (Wildman–Crippen MR) is 87.5 cm³/mol. The lowest BCUT2D eigenvalue weighted by molar-refractivity contribution is -0.149. The van der Waals surface area contributed by atoms with Crippen molar-refractivity contribution in [1.82, 2.24) is 20.6 Å². The molecule has 3 rings (SSSR count). The third kappa shape index (κ3) is 3.26. The average molecular weight is 332 g/mol. The Hall–Kier alpha value is -2.02. The zero-order valence-corrected chi connectivity index (χ0v) is 14.2. The molecule has 7 nitrogen and oxygen atoms in total. The van der Waals surface area contributed by atoms with Crippen molar-refractivity contribution in [2.75, 3.05) is 19.6 Å². The second-order valence-corrected chi connectivity index (χ2v) is 6.60. The number of piperidine rings is 1. The topological polar surface area (TPSA) is 93.2 Å². The molecule has 0 radical (unpaired) electrons. The molecule has 0 aromatic carbocycles. The van der Waals surface area contributed by atoms with Crippen LogP contribution >= 0.6 is 0 Å². The van der Waals surface area contributed by atoms with E-state index in [0.29, 0.717) is 30.8 Å². The van der Waals surface area contributed by atoms with E-state index in [9.17, 15) is 9.59 Å². The van der Waals surface area contributed by atoms with E-state index in [2.05, 4.69) is 20.6 Å². The summed E-state index contributed by atoms with van der Waals surface area (Å²) in [5.41, 5.74) is 0.865. The van der Waals surface area contributed by atoms with Gasteiger partial charge in [0, 0.05) is 12.6 Å². The van der Waals surface area contributed by atoms with Crippen LogP contribution in [-0.4, -0.2) is 47.6 Å². The van der Waals surface area contributed by atoms with E-state index >= 15 is 0 Å². The Balaban J connectivity index is 1.60. The summed E-state index contributed by atoms with van der Waals surface area (Å²) in [5.74, 6) is 0.325. The van der Waals surface area contributed by atoms with Crippen LogP contribution in [0.3, 0.4) is 0 Å². The number of amides is 1. The van der Waals surface area contributed by atoms with E-state index < -0.39 is 0 Å². The van der Waals surface area contributed by atoms with E-state index in [1.54, 1.807) is 13.1 Å². The summed E-state index contributed by atoms with van der Waals surface area (Å²) in [4.78, 5) is 33.0. The van der Waals surface area contributed by atoms with Gasteiger partial charge in [0.05, 0.1) is 23.2 Å². The largest absolute Gasteiger partial charge is 0.460 e. The van der Waals surface area contributed by atoms with Gasteiger partial charge in [-0.3, -0.25) is 9.59 Å². The molecule has 1 unspecified atom stereocenters. The minimum absolute atomic E-state index is 0.115. The summed E-state index contributed by atoms with van der Waals surface area (Å²) in [6.45, 7) is 5.77. The number of nitrogens with zero attached hydrogens (tertiary/aromatic N) is 2. The number of rotatable bonds is 4. The summed E-state index contributed by atoms with van der Waals surface area (Å²) >= 11 is 0. The summed E-state index contributed by atoms with van der Waals surface area (Å²) in [6, 6.07) is 0. The maximum absolute atomic E-state index is 12.4. The lowest BCUT2D eigenvalue weighted by Gasteiger charge is -2.29. The van der Waals surface area contributed by atoms with Gasteiger partial charge in [-0.05, 0) is 39.3 Å². The number of aromatic nitrogens is 2. The number of cyclic esters (lactones) is 1. The maximum Gasteiger partial charge on any atom is 0.312 e. The lowest BCUT2D eigenvalue weighted by Crippen LogP contribution is -2.39. The van der Waals surface area contributed by atoms with Crippen molar-refractivity contribution >= 4 is 11.9 Å². The van der Waals surface area contributed by atoms with Crippen molar-refractivity contribution < 1.29 is 14.3 Å². The molecule has 3 heterocycles. The Morgan fingerprint density at radius 1 is 1.46 bits per heavy atom. The quantitative estimate of drug-likeness (QED) is 0.791. The number of carbonyl (C=O) groups excluding carboxylic acids is 2. The minimum Gasteiger partial charge on any atom is -0.460 e. The van der Waals surface area contributed by atoms with Gasteiger partial charge in [0.1, 0.15) is 11.9 Å². The van der Waals surface area contributed by atoms with Gasteiger partial charge in [-0.1, -0.05) is 6.92 Å². The van der Waals surface area contributed by atoms with Gasteiger partial charge in [0.2, 0.25) is 0 Å². The highest BCUT2D eigenvalue weighted by molar-refractivity contribution is 5.95. The fourth-order valence-corrected chi connectivity index (χ4v) is 3.54. The van der Waals surface area contributed by atoms with E-state index in [1.165, 1.54) is 0 Å². The lowest BCUT2D eigenvalue weighted by atomic mass is 9.76. The molecule has 2 aliphatic heterocycles. The van der Waals surface area contributed by atoms with Gasteiger partial charge in [-0.15, -0.1) is 0 Å². The summed E-state index contributed by atoms with van der Waals surface area (Å²) < 4.78 is 5.50. The van der Waals surface area contributed by atoms with Crippen molar-refractivity contribution in [1.29, 1.82) is 0 Å². The Morgan fingerprint density at radius 3 is 2.92 bits per heavy atom. The van der Waals surface area contributed by atoms with Crippen molar-refractivity contribution in [2.45, 2.75) is 45.6 Å². The molecule has 1 atom stereocenters. The molecule has 130 valence electrons. The number of hydrogen-bond donors (Lipinski definition) is 2. The third-order valence-corrected chi connectivity index (χ3v) is 4.94. The summed E-state index contributed by atoms with van der Waals surface area (Å²) in [5, 5.41) is 6.13. The Labute approximate surface area is 141 Å².